The quantitative estimate of drug-likeness (QED) is 0.671. The van der Waals surface area contributed by atoms with Gasteiger partial charge in [0.25, 0.3) is 5.91 Å². The molecule has 7 heteroatoms. The number of fused-ring (bicyclic) bond motifs is 1. The number of benzene rings is 2. The van der Waals surface area contributed by atoms with Gasteiger partial charge in [-0.1, -0.05) is 18.2 Å². The van der Waals surface area contributed by atoms with Crippen LogP contribution in [0.15, 0.2) is 52.9 Å². The normalized spacial score (nSPS) is 20.9. The first kappa shape index (κ1) is 17.1. The van der Waals surface area contributed by atoms with E-state index in [1.54, 1.807) is 17.0 Å². The number of rotatable bonds is 3. The van der Waals surface area contributed by atoms with Crippen molar-refractivity contribution >= 4 is 11.6 Å². The van der Waals surface area contributed by atoms with Gasteiger partial charge in [-0.25, -0.2) is 0 Å². The maximum absolute atomic E-state index is 13.9. The average molecular weight is 400 g/mol. The summed E-state index contributed by atoms with van der Waals surface area (Å²) in [6, 6.07) is 16.7. The third-order valence-corrected chi connectivity index (χ3v) is 5.87. The van der Waals surface area contributed by atoms with Gasteiger partial charge < -0.3 is 23.5 Å². The second-order valence-corrected chi connectivity index (χ2v) is 7.43. The predicted molar refractivity (Wildman–Crippen MR) is 104 cm³/mol. The van der Waals surface area contributed by atoms with Gasteiger partial charge in [0.2, 0.25) is 12.6 Å². The lowest BCUT2D eigenvalue weighted by Crippen LogP contribution is -2.45. The number of furan rings is 1. The smallest absolute Gasteiger partial charge is 0.269 e. The lowest BCUT2D eigenvalue weighted by atomic mass is 9.82. The molecule has 0 N–H and O–H groups in total. The highest BCUT2D eigenvalue weighted by Crippen LogP contribution is 2.52. The lowest BCUT2D eigenvalue weighted by molar-refractivity contribution is -0.139. The first-order valence-electron chi connectivity index (χ1n) is 9.68. The monoisotopic (exact) mass is 400 g/mol. The Morgan fingerprint density at radius 2 is 2.00 bits per heavy atom. The van der Waals surface area contributed by atoms with Gasteiger partial charge in [-0.05, 0) is 42.3 Å². The Morgan fingerprint density at radius 3 is 2.87 bits per heavy atom. The van der Waals surface area contributed by atoms with E-state index in [1.807, 2.05) is 42.5 Å². The molecular weight excluding hydrogens is 384 g/mol. The molecule has 2 aromatic carbocycles. The molecule has 1 aromatic heterocycles. The van der Waals surface area contributed by atoms with Gasteiger partial charge in [0.1, 0.15) is 11.8 Å². The van der Waals surface area contributed by atoms with Crippen LogP contribution in [0.1, 0.15) is 28.2 Å². The van der Waals surface area contributed by atoms with E-state index in [0.29, 0.717) is 29.4 Å². The van der Waals surface area contributed by atoms with Crippen molar-refractivity contribution in [3.05, 3.63) is 76.7 Å². The van der Waals surface area contributed by atoms with Gasteiger partial charge in [0.15, 0.2) is 17.1 Å². The van der Waals surface area contributed by atoms with E-state index in [2.05, 4.69) is 0 Å². The molecule has 0 aliphatic carbocycles. The molecule has 1 atom stereocenters. The zero-order chi connectivity index (χ0) is 20.3. The Balaban J connectivity index is 1.51. The van der Waals surface area contributed by atoms with Gasteiger partial charge in [-0.2, -0.15) is 5.26 Å². The lowest BCUT2D eigenvalue weighted by Gasteiger charge is -2.34. The number of amides is 1. The van der Waals surface area contributed by atoms with Crippen LogP contribution in [0, 0.1) is 11.3 Å². The van der Waals surface area contributed by atoms with Gasteiger partial charge in [-0.3, -0.25) is 4.79 Å². The molecule has 0 radical (unpaired) electrons. The van der Waals surface area contributed by atoms with E-state index in [9.17, 15) is 4.79 Å². The molecule has 148 valence electrons. The molecule has 6 rings (SSSR count). The molecule has 4 heterocycles. The Labute approximate surface area is 172 Å². The molecule has 1 amide bonds. The number of nitriles is 1. The summed E-state index contributed by atoms with van der Waals surface area (Å²) in [4.78, 5) is 15.6. The number of carbonyl (C=O) groups excluding carboxylic acids is 1. The van der Waals surface area contributed by atoms with Crippen molar-refractivity contribution < 1.29 is 23.4 Å². The highest BCUT2D eigenvalue weighted by atomic mass is 16.7. The largest absolute Gasteiger partial charge is 0.454 e. The SMILES string of the molecule is N#Cc1ccc(CN2C(=O)C3(c4ccc5c(c4)OCO5)OCCc4cccc2c43)o1. The van der Waals surface area contributed by atoms with Gasteiger partial charge in [-0.15, -0.1) is 0 Å². The highest BCUT2D eigenvalue weighted by Gasteiger charge is 2.56. The van der Waals surface area contributed by atoms with E-state index in [1.165, 1.54) is 0 Å². The summed E-state index contributed by atoms with van der Waals surface area (Å²) in [7, 11) is 0. The van der Waals surface area contributed by atoms with Gasteiger partial charge in [0, 0.05) is 11.1 Å². The minimum atomic E-state index is -1.24. The molecule has 3 aliphatic heterocycles. The zero-order valence-electron chi connectivity index (χ0n) is 15.9. The third kappa shape index (κ3) is 2.19. The number of anilines is 1. The van der Waals surface area contributed by atoms with Crippen LogP contribution >= 0.6 is 0 Å². The summed E-state index contributed by atoms with van der Waals surface area (Å²) in [6.45, 7) is 0.810. The molecule has 3 aromatic rings. The second-order valence-electron chi connectivity index (χ2n) is 7.43. The standard InChI is InChI=1S/C23H16N2O5/c24-11-16-5-6-17(30-16)12-25-18-3-1-2-14-8-9-29-23(21(14)18,22(25)26)15-4-7-19-20(10-15)28-13-27-19/h1-7,10H,8-9,12-13H2. The molecule has 0 saturated heterocycles. The fraction of sp³-hybridized carbons (Fsp3) is 0.217. The first-order valence-corrected chi connectivity index (χ1v) is 9.68. The fourth-order valence-electron chi connectivity index (χ4n) is 4.58. The highest BCUT2D eigenvalue weighted by molar-refractivity contribution is 6.10. The van der Waals surface area contributed by atoms with Crippen LogP contribution in [0.2, 0.25) is 0 Å². The van der Waals surface area contributed by atoms with Crippen molar-refractivity contribution in [2.75, 3.05) is 18.3 Å². The van der Waals surface area contributed by atoms with E-state index in [0.717, 1.165) is 23.2 Å². The minimum absolute atomic E-state index is 0.161. The number of carbonyl (C=O) groups is 1. The summed E-state index contributed by atoms with van der Waals surface area (Å²) in [5.74, 6) is 1.83. The van der Waals surface area contributed by atoms with Crippen LogP contribution in [0.3, 0.4) is 0 Å². The molecule has 7 nitrogen and oxygen atoms in total. The average Bonchev–Trinajstić information content (AvgIpc) is 3.49. The maximum atomic E-state index is 13.9. The molecular formula is C23H16N2O5. The van der Waals surface area contributed by atoms with Crippen LogP contribution in [0.5, 0.6) is 11.5 Å². The maximum Gasteiger partial charge on any atom is 0.269 e. The Morgan fingerprint density at radius 1 is 1.10 bits per heavy atom. The predicted octanol–water partition coefficient (Wildman–Crippen LogP) is 3.24. The summed E-state index contributed by atoms with van der Waals surface area (Å²) in [5, 5.41) is 9.05. The van der Waals surface area contributed by atoms with Crippen LogP contribution < -0.4 is 14.4 Å². The van der Waals surface area contributed by atoms with E-state index < -0.39 is 5.60 Å². The van der Waals surface area contributed by atoms with E-state index in [4.69, 9.17) is 23.9 Å². The Kier molecular flexibility index (Phi) is 3.49. The molecule has 30 heavy (non-hydrogen) atoms. The molecule has 1 unspecified atom stereocenters. The fourth-order valence-corrected chi connectivity index (χ4v) is 4.58. The van der Waals surface area contributed by atoms with Crippen LogP contribution in [0.25, 0.3) is 0 Å². The molecule has 0 spiro atoms. The van der Waals surface area contributed by atoms with Crippen molar-refractivity contribution in [3.63, 3.8) is 0 Å². The van der Waals surface area contributed by atoms with Crippen molar-refractivity contribution in [1.82, 2.24) is 0 Å². The van der Waals surface area contributed by atoms with E-state index >= 15 is 0 Å². The van der Waals surface area contributed by atoms with Crippen LogP contribution in [0.4, 0.5) is 5.69 Å². The zero-order valence-corrected chi connectivity index (χ0v) is 15.9. The Bertz CT molecular complexity index is 1240. The van der Waals surface area contributed by atoms with Gasteiger partial charge >= 0.3 is 0 Å². The van der Waals surface area contributed by atoms with Crippen molar-refractivity contribution in [2.24, 2.45) is 0 Å². The summed E-state index contributed by atoms with van der Waals surface area (Å²) in [6.07, 6.45) is 0.732. The van der Waals surface area contributed by atoms with Crippen LogP contribution in [-0.2, 0) is 28.1 Å². The van der Waals surface area contributed by atoms with Crippen molar-refractivity contribution in [1.29, 1.82) is 5.26 Å². The molecule has 0 saturated carbocycles. The number of nitrogens with zero attached hydrogens (tertiary/aromatic N) is 2. The van der Waals surface area contributed by atoms with Gasteiger partial charge in [0.05, 0.1) is 18.8 Å². The first-order chi connectivity index (χ1) is 14.7. The van der Waals surface area contributed by atoms with E-state index in [-0.39, 0.29) is 25.0 Å². The number of ether oxygens (including phenoxy) is 3. The molecule has 0 bridgehead atoms. The minimum Gasteiger partial charge on any atom is -0.454 e. The summed E-state index contributed by atoms with van der Waals surface area (Å²) in [5.41, 5.74) is 2.22. The topological polar surface area (TPSA) is 84.9 Å². The summed E-state index contributed by atoms with van der Waals surface area (Å²) >= 11 is 0. The molecule has 3 aliphatic rings. The number of hydrogen-bond acceptors (Lipinski definition) is 6. The van der Waals surface area contributed by atoms with Crippen molar-refractivity contribution in [2.45, 2.75) is 18.6 Å². The Hall–Kier alpha value is -3.76. The van der Waals surface area contributed by atoms with Crippen molar-refractivity contribution in [3.8, 4) is 17.6 Å². The second kappa shape index (κ2) is 6.12. The third-order valence-electron chi connectivity index (χ3n) is 5.87. The van der Waals surface area contributed by atoms with Crippen LogP contribution in [-0.4, -0.2) is 19.3 Å². The number of hydrogen-bond donors (Lipinski definition) is 0. The summed E-state index contributed by atoms with van der Waals surface area (Å²) < 4.78 is 22.8. The molecule has 0 fully saturated rings.